The Hall–Kier alpha value is -5.48. The molecule has 0 amide bonds. The molecule has 52 heavy (non-hydrogen) atoms. The molecule has 0 saturated heterocycles. The quantitative estimate of drug-likeness (QED) is 0.115. The van der Waals surface area contributed by atoms with E-state index in [1.807, 2.05) is 11.3 Å². The van der Waals surface area contributed by atoms with E-state index in [0.29, 0.717) is 5.92 Å². The van der Waals surface area contributed by atoms with Gasteiger partial charge in [-0.1, -0.05) is 140 Å². The van der Waals surface area contributed by atoms with Crippen LogP contribution in [0.4, 0.5) is 0 Å². The van der Waals surface area contributed by atoms with Crippen LogP contribution in [0.1, 0.15) is 27.2 Å². The summed E-state index contributed by atoms with van der Waals surface area (Å²) in [5.41, 5.74) is 6.16. The standard InChI is InChI=1S/C49H41NSSi/c1-4-14-38(5-2)52(40-18-13-15-34(3)31-40,39-26-23-35(24-27-39)36-25-30-49-45(32-36)43-20-10-12-22-48(43)51-49)41-28-29-47-44(33-41)42-19-9-11-21-46(42)50(47)37-16-7-6-8-17-37/h4-14,16-34H,15H2,1-3H3/b14-4-,38-5+. The summed E-state index contributed by atoms with van der Waals surface area (Å²) >= 11 is 1.88. The highest BCUT2D eigenvalue weighted by atomic mass is 32.1. The lowest BCUT2D eigenvalue weighted by atomic mass is 10.0. The minimum atomic E-state index is -2.77. The van der Waals surface area contributed by atoms with E-state index in [4.69, 9.17) is 0 Å². The monoisotopic (exact) mass is 703 g/mol. The van der Waals surface area contributed by atoms with E-state index in [0.717, 1.165) is 6.42 Å². The molecular weight excluding hydrogens is 663 g/mol. The first-order valence-electron chi connectivity index (χ1n) is 18.4. The average Bonchev–Trinajstić information content (AvgIpc) is 3.73. The van der Waals surface area contributed by atoms with E-state index >= 15 is 0 Å². The van der Waals surface area contributed by atoms with Crippen molar-refractivity contribution in [3.05, 3.63) is 186 Å². The van der Waals surface area contributed by atoms with E-state index < -0.39 is 8.07 Å². The molecule has 1 nitrogen and oxygen atoms in total. The summed E-state index contributed by atoms with van der Waals surface area (Å²) in [7, 11) is -2.77. The third-order valence-corrected chi connectivity index (χ3v) is 17.0. The summed E-state index contributed by atoms with van der Waals surface area (Å²) in [6.07, 6.45) is 15.5. The van der Waals surface area contributed by atoms with Crippen molar-refractivity contribution < 1.29 is 0 Å². The van der Waals surface area contributed by atoms with Gasteiger partial charge in [0.15, 0.2) is 8.07 Å². The van der Waals surface area contributed by atoms with E-state index in [9.17, 15) is 0 Å². The SMILES string of the molecule is C/C=C\C(=C/C)[Si](C1=CC(C)CC=C1)(c1ccc(-c2ccc3sc4ccccc4c3c2)cc1)c1ccc2c(c1)c1ccccc1n2-c1ccccc1. The number of benzene rings is 6. The first-order valence-corrected chi connectivity index (χ1v) is 21.2. The van der Waals surface area contributed by atoms with Crippen molar-refractivity contribution >= 4 is 71.8 Å². The maximum absolute atomic E-state index is 2.77. The van der Waals surface area contributed by atoms with Gasteiger partial charge in [-0.05, 0) is 101 Å². The third kappa shape index (κ3) is 5.18. The van der Waals surface area contributed by atoms with Crippen LogP contribution in [0.5, 0.6) is 0 Å². The average molecular weight is 704 g/mol. The van der Waals surface area contributed by atoms with Gasteiger partial charge in [0, 0.05) is 36.6 Å². The number of nitrogens with zero attached hydrogens (tertiary/aromatic N) is 1. The molecule has 2 heterocycles. The molecule has 8 aromatic rings. The summed E-state index contributed by atoms with van der Waals surface area (Å²) in [6.45, 7) is 6.74. The minimum Gasteiger partial charge on any atom is -0.309 e. The molecule has 0 saturated carbocycles. The normalized spacial score (nSPS) is 16.3. The summed E-state index contributed by atoms with van der Waals surface area (Å²) in [5.74, 6) is 0.478. The predicted molar refractivity (Wildman–Crippen MR) is 230 cm³/mol. The fraction of sp³-hybridized carbons (Fsp3) is 0.102. The molecule has 2 aromatic heterocycles. The molecular formula is C49H41NSSi. The number of hydrogen-bond acceptors (Lipinski definition) is 1. The molecule has 1 aliphatic carbocycles. The van der Waals surface area contributed by atoms with Gasteiger partial charge in [-0.3, -0.25) is 0 Å². The number of aromatic nitrogens is 1. The lowest BCUT2D eigenvalue weighted by molar-refractivity contribution is 0.734. The van der Waals surface area contributed by atoms with Crippen molar-refractivity contribution in [1.82, 2.24) is 4.57 Å². The van der Waals surface area contributed by atoms with Crippen LogP contribution in [0.25, 0.3) is 58.8 Å². The van der Waals surface area contributed by atoms with Crippen LogP contribution in [-0.4, -0.2) is 12.6 Å². The van der Waals surface area contributed by atoms with Gasteiger partial charge in [-0.15, -0.1) is 11.3 Å². The van der Waals surface area contributed by atoms with Gasteiger partial charge in [0.1, 0.15) is 0 Å². The van der Waals surface area contributed by atoms with Crippen molar-refractivity contribution in [3.8, 4) is 16.8 Å². The summed E-state index contributed by atoms with van der Waals surface area (Å²) < 4.78 is 5.10. The Morgan fingerprint density at radius 1 is 0.654 bits per heavy atom. The molecule has 0 spiro atoms. The first-order chi connectivity index (χ1) is 25.6. The lowest BCUT2D eigenvalue weighted by Gasteiger charge is -2.37. The molecule has 0 N–H and O–H groups in total. The van der Waals surface area contributed by atoms with Crippen LogP contribution in [0, 0.1) is 5.92 Å². The van der Waals surface area contributed by atoms with Crippen molar-refractivity contribution in [2.75, 3.05) is 0 Å². The minimum absolute atomic E-state index is 0.478. The van der Waals surface area contributed by atoms with Gasteiger partial charge >= 0.3 is 0 Å². The number of fused-ring (bicyclic) bond motifs is 6. The highest BCUT2D eigenvalue weighted by Gasteiger charge is 2.43. The molecule has 1 aliphatic rings. The van der Waals surface area contributed by atoms with Crippen molar-refractivity contribution in [1.29, 1.82) is 0 Å². The van der Waals surface area contributed by atoms with Crippen LogP contribution in [0.2, 0.25) is 0 Å². The van der Waals surface area contributed by atoms with Crippen molar-refractivity contribution in [2.24, 2.45) is 5.92 Å². The van der Waals surface area contributed by atoms with Gasteiger partial charge in [0.2, 0.25) is 0 Å². The molecule has 9 rings (SSSR count). The number of para-hydroxylation sites is 2. The van der Waals surface area contributed by atoms with Gasteiger partial charge in [0.05, 0.1) is 11.0 Å². The molecule has 3 heteroatoms. The zero-order valence-electron chi connectivity index (χ0n) is 29.9. The second kappa shape index (κ2) is 13.2. The number of allylic oxidation sites excluding steroid dienone is 8. The van der Waals surface area contributed by atoms with E-state index in [1.54, 1.807) is 0 Å². The molecule has 2 atom stereocenters. The van der Waals surface area contributed by atoms with Gasteiger partial charge in [-0.25, -0.2) is 0 Å². The number of hydrogen-bond donors (Lipinski definition) is 0. The smallest absolute Gasteiger partial charge is 0.178 e. The topological polar surface area (TPSA) is 4.93 Å². The van der Waals surface area contributed by atoms with E-state index in [-0.39, 0.29) is 0 Å². The Balaban J connectivity index is 1.28. The maximum atomic E-state index is 2.57. The maximum Gasteiger partial charge on any atom is 0.178 e. The Morgan fingerprint density at radius 3 is 2.13 bits per heavy atom. The van der Waals surface area contributed by atoms with Crippen LogP contribution in [-0.2, 0) is 0 Å². The third-order valence-electron chi connectivity index (χ3n) is 10.9. The van der Waals surface area contributed by atoms with E-state index in [2.05, 4.69) is 201 Å². The zero-order valence-corrected chi connectivity index (χ0v) is 31.7. The molecule has 252 valence electrons. The predicted octanol–water partition coefficient (Wildman–Crippen LogP) is 12.5. The Morgan fingerprint density at radius 2 is 1.35 bits per heavy atom. The second-order valence-electron chi connectivity index (χ2n) is 14.0. The molecule has 0 radical (unpaired) electrons. The summed E-state index contributed by atoms with van der Waals surface area (Å²) in [4.78, 5) is 0. The van der Waals surface area contributed by atoms with E-state index in [1.165, 1.54) is 79.6 Å². The van der Waals surface area contributed by atoms with Crippen LogP contribution < -0.4 is 10.4 Å². The highest BCUT2D eigenvalue weighted by Crippen LogP contribution is 2.38. The van der Waals surface area contributed by atoms with Crippen molar-refractivity contribution in [3.63, 3.8) is 0 Å². The lowest BCUT2D eigenvalue weighted by Crippen LogP contribution is -2.61. The first kappa shape index (κ1) is 32.4. The Kier molecular flexibility index (Phi) is 8.26. The summed E-state index contributed by atoms with van der Waals surface area (Å²) in [5, 5.41) is 10.9. The number of thiophene rings is 1. The molecule has 0 aliphatic heterocycles. The Bertz CT molecular complexity index is 2740. The van der Waals surface area contributed by atoms with Crippen molar-refractivity contribution in [2.45, 2.75) is 27.2 Å². The molecule has 0 bridgehead atoms. The largest absolute Gasteiger partial charge is 0.309 e. The summed E-state index contributed by atoms with van der Waals surface area (Å²) in [6, 6.07) is 52.4. The molecule has 2 unspecified atom stereocenters. The van der Waals surface area contributed by atoms with Crippen LogP contribution >= 0.6 is 11.3 Å². The van der Waals surface area contributed by atoms with Crippen LogP contribution in [0.3, 0.4) is 0 Å². The van der Waals surface area contributed by atoms with Gasteiger partial charge in [-0.2, -0.15) is 0 Å². The Labute approximate surface area is 311 Å². The second-order valence-corrected chi connectivity index (χ2v) is 18.9. The van der Waals surface area contributed by atoms with Gasteiger partial charge in [0.25, 0.3) is 0 Å². The van der Waals surface area contributed by atoms with Crippen LogP contribution in [0.15, 0.2) is 186 Å². The molecule has 0 fully saturated rings. The number of rotatable bonds is 7. The highest BCUT2D eigenvalue weighted by molar-refractivity contribution is 7.25. The fourth-order valence-corrected chi connectivity index (χ4v) is 14.8. The zero-order chi connectivity index (χ0) is 35.2. The fourth-order valence-electron chi connectivity index (χ4n) is 8.59. The molecule has 6 aromatic carbocycles. The van der Waals surface area contributed by atoms with Gasteiger partial charge < -0.3 is 4.57 Å².